The summed E-state index contributed by atoms with van der Waals surface area (Å²) in [5.41, 5.74) is -1.000. The summed E-state index contributed by atoms with van der Waals surface area (Å²) in [5, 5.41) is 11.6. The van der Waals surface area contributed by atoms with Crippen molar-refractivity contribution in [3.63, 3.8) is 0 Å². The van der Waals surface area contributed by atoms with Crippen molar-refractivity contribution in [1.82, 2.24) is 0 Å². The third-order valence-electron chi connectivity index (χ3n) is 7.65. The van der Waals surface area contributed by atoms with E-state index in [1.807, 2.05) is 37.4 Å². The molecule has 0 radical (unpaired) electrons. The predicted molar refractivity (Wildman–Crippen MR) is 132 cm³/mol. The largest absolute Gasteiger partial charge is 1.00 e. The molecule has 7 heteroatoms. The Hall–Kier alpha value is -1.44. The van der Waals surface area contributed by atoms with Gasteiger partial charge in [0.2, 0.25) is 0 Å². The number of ether oxygens (including phenoxy) is 2. The van der Waals surface area contributed by atoms with Crippen molar-refractivity contribution < 1.29 is 45.6 Å². The summed E-state index contributed by atoms with van der Waals surface area (Å²) in [5.74, 6) is -0.855. The van der Waals surface area contributed by atoms with Crippen LogP contribution < -0.4 is 17.0 Å². The lowest BCUT2D eigenvalue weighted by Crippen LogP contribution is -3.00. The maximum Gasteiger partial charge on any atom is 0.361 e. The third kappa shape index (κ3) is 8.29. The van der Waals surface area contributed by atoms with Gasteiger partial charge in [-0.1, -0.05) is 82.2 Å². The number of quaternary nitrogens is 1. The van der Waals surface area contributed by atoms with Crippen LogP contribution >= 0.6 is 0 Å². The molecule has 0 aromatic heterocycles. The zero-order chi connectivity index (χ0) is 24.4. The molecule has 1 aromatic rings. The Morgan fingerprint density at radius 2 is 1.69 bits per heavy atom. The van der Waals surface area contributed by atoms with E-state index in [4.69, 9.17) is 9.47 Å². The number of halogens is 1. The Bertz CT molecular complexity index is 785. The molecule has 6 nitrogen and oxygen atoms in total. The number of benzene rings is 1. The second-order valence-corrected chi connectivity index (χ2v) is 10.6. The first-order valence-corrected chi connectivity index (χ1v) is 13.4. The fourth-order valence-electron chi connectivity index (χ4n) is 5.59. The van der Waals surface area contributed by atoms with Gasteiger partial charge in [0.05, 0.1) is 20.2 Å². The molecule has 0 amide bonds. The fourth-order valence-corrected chi connectivity index (χ4v) is 5.59. The summed E-state index contributed by atoms with van der Waals surface area (Å²) in [6.07, 6.45) is 11.0. The van der Waals surface area contributed by atoms with E-state index in [0.717, 1.165) is 45.1 Å². The molecular weight excluding hydrogens is 510 g/mol. The quantitative estimate of drug-likeness (QED) is 0.229. The number of carbonyl (C=O) groups excluding carboxylic acids is 2. The van der Waals surface area contributed by atoms with E-state index < -0.39 is 11.6 Å². The second-order valence-electron chi connectivity index (χ2n) is 10.6. The number of nitrogens with zero attached hydrogens (tertiary/aromatic N) is 1. The van der Waals surface area contributed by atoms with Gasteiger partial charge in [-0.25, -0.2) is 9.59 Å². The zero-order valence-corrected chi connectivity index (χ0v) is 23.1. The molecule has 1 aromatic carbocycles. The van der Waals surface area contributed by atoms with Gasteiger partial charge in [0.25, 0.3) is 0 Å². The Morgan fingerprint density at radius 1 is 1.03 bits per heavy atom. The monoisotopic (exact) mass is 553 g/mol. The molecule has 1 saturated carbocycles. The summed E-state index contributed by atoms with van der Waals surface area (Å²) < 4.78 is 11.9. The van der Waals surface area contributed by atoms with Gasteiger partial charge in [-0.3, -0.25) is 0 Å². The van der Waals surface area contributed by atoms with Gasteiger partial charge in [-0.05, 0) is 24.8 Å². The summed E-state index contributed by atoms with van der Waals surface area (Å²) in [4.78, 5) is 25.7. The van der Waals surface area contributed by atoms with Crippen LogP contribution in [0.1, 0.15) is 83.1 Å². The Labute approximate surface area is 221 Å². The Kier molecular flexibility index (Phi) is 12.2. The van der Waals surface area contributed by atoms with Gasteiger partial charge in [0.15, 0.2) is 18.2 Å². The number of unbranched alkanes of at least 4 members (excludes halogenated alkanes) is 5. The van der Waals surface area contributed by atoms with Crippen LogP contribution in [0.2, 0.25) is 0 Å². The molecule has 0 spiro atoms. The minimum atomic E-state index is -1.61. The standard InChI is InChI=1S/C28H44NO5.BrH/c1-3-4-5-6-7-13-20-33-26(30)22-29(2)19-18-25(21-29)34-27(31)28(32,24-16-11-12-17-24)23-14-9-8-10-15-23;/h8-10,14-15,24-25,32H,3-7,11-13,16-22H2,1-2H3;1H/q+1;/p-1/t25-,28-,29-;/m0./s1. The maximum absolute atomic E-state index is 13.3. The van der Waals surface area contributed by atoms with Crippen LogP contribution in [0.5, 0.6) is 0 Å². The van der Waals surface area contributed by atoms with Crippen molar-refractivity contribution in [3.8, 4) is 0 Å². The topological polar surface area (TPSA) is 72.8 Å². The van der Waals surface area contributed by atoms with E-state index in [1.54, 1.807) is 0 Å². The van der Waals surface area contributed by atoms with E-state index in [-0.39, 0.29) is 41.5 Å². The van der Waals surface area contributed by atoms with Crippen LogP contribution in [-0.4, -0.2) is 60.9 Å². The highest BCUT2D eigenvalue weighted by Gasteiger charge is 2.50. The number of aliphatic hydroxyl groups is 1. The van der Waals surface area contributed by atoms with Crippen LogP contribution in [0, 0.1) is 5.92 Å². The normalized spacial score (nSPS) is 23.9. The SMILES string of the molecule is CCCCCCCCOC(=O)C[N@@+]1(C)CC[C@H](OC(=O)[C@](O)(c2ccccc2)C2CCCC2)C1.[Br-]. The molecule has 198 valence electrons. The van der Waals surface area contributed by atoms with Gasteiger partial charge in [0.1, 0.15) is 6.54 Å². The highest BCUT2D eigenvalue weighted by molar-refractivity contribution is 5.81. The van der Waals surface area contributed by atoms with Crippen LogP contribution in [0.25, 0.3) is 0 Å². The van der Waals surface area contributed by atoms with Crippen LogP contribution in [0.15, 0.2) is 30.3 Å². The lowest BCUT2D eigenvalue weighted by molar-refractivity contribution is -0.891. The second kappa shape index (κ2) is 14.3. The first kappa shape index (κ1) is 29.8. The lowest BCUT2D eigenvalue weighted by atomic mass is 9.80. The average molecular weight is 555 g/mol. The van der Waals surface area contributed by atoms with Crippen molar-refractivity contribution in [1.29, 1.82) is 0 Å². The van der Waals surface area contributed by atoms with Crippen molar-refractivity contribution >= 4 is 11.9 Å². The Morgan fingerprint density at radius 3 is 2.37 bits per heavy atom. The molecule has 3 rings (SSSR count). The van der Waals surface area contributed by atoms with Crippen LogP contribution in [0.3, 0.4) is 0 Å². The molecule has 0 bridgehead atoms. The average Bonchev–Trinajstić information content (AvgIpc) is 3.49. The van der Waals surface area contributed by atoms with E-state index in [1.165, 1.54) is 25.7 Å². The van der Waals surface area contributed by atoms with E-state index >= 15 is 0 Å². The molecule has 1 N–H and O–H groups in total. The summed E-state index contributed by atoms with van der Waals surface area (Å²) >= 11 is 0. The van der Waals surface area contributed by atoms with Gasteiger partial charge < -0.3 is 36.0 Å². The van der Waals surface area contributed by atoms with E-state index in [9.17, 15) is 14.7 Å². The molecule has 1 saturated heterocycles. The number of esters is 2. The summed E-state index contributed by atoms with van der Waals surface area (Å²) in [6.45, 7) is 4.28. The van der Waals surface area contributed by atoms with E-state index in [0.29, 0.717) is 29.6 Å². The number of hydrogen-bond acceptors (Lipinski definition) is 5. The molecule has 1 heterocycles. The predicted octanol–water partition coefficient (Wildman–Crippen LogP) is 1.73. The summed E-state index contributed by atoms with van der Waals surface area (Å²) in [6, 6.07) is 9.21. The molecular formula is C28H44BrNO5. The molecule has 2 aliphatic rings. The molecule has 0 unspecified atom stereocenters. The van der Waals surface area contributed by atoms with E-state index in [2.05, 4.69) is 6.92 Å². The number of carbonyl (C=O) groups is 2. The van der Waals surface area contributed by atoms with Crippen LogP contribution in [-0.2, 0) is 24.7 Å². The number of hydrogen-bond donors (Lipinski definition) is 1. The zero-order valence-electron chi connectivity index (χ0n) is 21.6. The summed E-state index contributed by atoms with van der Waals surface area (Å²) in [7, 11) is 2.01. The number of rotatable bonds is 13. The lowest BCUT2D eigenvalue weighted by Gasteiger charge is -2.33. The van der Waals surface area contributed by atoms with Gasteiger partial charge in [-0.15, -0.1) is 0 Å². The molecule has 1 aliphatic carbocycles. The minimum Gasteiger partial charge on any atom is -1.00 e. The molecule has 2 fully saturated rings. The van der Waals surface area contributed by atoms with Crippen LogP contribution in [0.4, 0.5) is 0 Å². The van der Waals surface area contributed by atoms with Crippen molar-refractivity contribution in [2.75, 3.05) is 33.3 Å². The molecule has 3 atom stereocenters. The third-order valence-corrected chi connectivity index (χ3v) is 7.65. The van der Waals surface area contributed by atoms with Crippen molar-refractivity contribution in [2.24, 2.45) is 5.92 Å². The highest BCUT2D eigenvalue weighted by atomic mass is 79.9. The first-order chi connectivity index (χ1) is 16.4. The highest BCUT2D eigenvalue weighted by Crippen LogP contribution is 2.42. The number of likely N-dealkylation sites (N-methyl/N-ethyl adjacent to an activating group) is 1. The van der Waals surface area contributed by atoms with Gasteiger partial charge >= 0.3 is 11.9 Å². The minimum absolute atomic E-state index is 0. The Balaban J connectivity index is 0.00000432. The molecule has 1 aliphatic heterocycles. The van der Waals surface area contributed by atoms with Gasteiger partial charge in [-0.2, -0.15) is 0 Å². The fraction of sp³-hybridized carbons (Fsp3) is 0.714. The van der Waals surface area contributed by atoms with Gasteiger partial charge in [0, 0.05) is 12.3 Å². The van der Waals surface area contributed by atoms with Crippen molar-refractivity contribution in [2.45, 2.75) is 89.3 Å². The first-order valence-electron chi connectivity index (χ1n) is 13.4. The number of likely N-dealkylation sites (tertiary alicyclic amines) is 1. The maximum atomic E-state index is 13.3. The molecule has 35 heavy (non-hydrogen) atoms. The smallest absolute Gasteiger partial charge is 0.361 e. The van der Waals surface area contributed by atoms with Crippen molar-refractivity contribution in [3.05, 3.63) is 35.9 Å².